The second-order valence-electron chi connectivity index (χ2n) is 6.14. The van der Waals surface area contributed by atoms with E-state index in [2.05, 4.69) is 0 Å². The fraction of sp³-hybridized carbons (Fsp3) is 0. The van der Waals surface area contributed by atoms with Crippen molar-refractivity contribution in [1.29, 1.82) is 0 Å². The van der Waals surface area contributed by atoms with Crippen LogP contribution in [0, 0.1) is 0 Å². The van der Waals surface area contributed by atoms with Gasteiger partial charge in [-0.15, -0.1) is 0 Å². The van der Waals surface area contributed by atoms with Gasteiger partial charge in [0.05, 0.1) is 11.4 Å². The molecule has 1 aromatic heterocycles. The topological polar surface area (TPSA) is 25.8 Å². The van der Waals surface area contributed by atoms with Gasteiger partial charge in [-0.2, -0.15) is 0 Å². The average Bonchev–Trinajstić information content (AvgIpc) is 2.67. The highest BCUT2D eigenvalue weighted by Gasteiger charge is 2.12. The van der Waals surface area contributed by atoms with Crippen LogP contribution in [0.3, 0.4) is 0 Å². The minimum Gasteiger partial charge on any atom is -0.228 e. The van der Waals surface area contributed by atoms with Crippen LogP contribution >= 0.6 is 46.4 Å². The Morgan fingerprint density at radius 1 is 0.464 bits per heavy atom. The van der Waals surface area contributed by atoms with E-state index in [0.29, 0.717) is 37.3 Å². The average molecular weight is 446 g/mol. The molecule has 0 spiro atoms. The van der Waals surface area contributed by atoms with Crippen LogP contribution in [0.4, 0.5) is 0 Å². The molecule has 0 aliphatic carbocycles. The first kappa shape index (κ1) is 19.2. The number of benzene rings is 3. The lowest BCUT2D eigenvalue weighted by atomic mass is 10.1. The summed E-state index contributed by atoms with van der Waals surface area (Å²) >= 11 is 24.8. The molecule has 4 rings (SSSR count). The van der Waals surface area contributed by atoms with Crippen LogP contribution in [0.2, 0.25) is 20.1 Å². The summed E-state index contributed by atoms with van der Waals surface area (Å²) in [5.74, 6) is 0.584. The lowest BCUT2D eigenvalue weighted by molar-refractivity contribution is 1.18. The van der Waals surface area contributed by atoms with Crippen molar-refractivity contribution in [3.63, 3.8) is 0 Å². The third-order valence-corrected chi connectivity index (χ3v) is 4.95. The molecular formula is C22H12Cl4N2. The number of hydrogen-bond acceptors (Lipinski definition) is 2. The molecule has 0 N–H and O–H groups in total. The Hall–Kier alpha value is -2.10. The van der Waals surface area contributed by atoms with Gasteiger partial charge in [0.2, 0.25) is 0 Å². The summed E-state index contributed by atoms with van der Waals surface area (Å²) in [5.41, 5.74) is 3.89. The van der Waals surface area contributed by atoms with E-state index in [1.807, 2.05) is 60.7 Å². The normalized spacial score (nSPS) is 10.9. The smallest absolute Gasteiger partial charge is 0.160 e. The Kier molecular flexibility index (Phi) is 5.56. The van der Waals surface area contributed by atoms with Gasteiger partial charge in [0, 0.05) is 36.8 Å². The Balaban J connectivity index is 1.95. The van der Waals surface area contributed by atoms with Crippen molar-refractivity contribution in [3.05, 3.63) is 92.9 Å². The van der Waals surface area contributed by atoms with E-state index >= 15 is 0 Å². The number of halogens is 4. The zero-order valence-electron chi connectivity index (χ0n) is 14.3. The van der Waals surface area contributed by atoms with E-state index in [4.69, 9.17) is 56.4 Å². The number of aromatic nitrogens is 2. The van der Waals surface area contributed by atoms with Crippen LogP contribution in [0.25, 0.3) is 33.9 Å². The molecule has 0 saturated heterocycles. The third kappa shape index (κ3) is 4.31. The highest BCUT2D eigenvalue weighted by Crippen LogP contribution is 2.32. The fourth-order valence-electron chi connectivity index (χ4n) is 2.86. The second kappa shape index (κ2) is 8.10. The fourth-order valence-corrected chi connectivity index (χ4v) is 3.91. The van der Waals surface area contributed by atoms with Gasteiger partial charge < -0.3 is 0 Å². The standard InChI is InChI=1S/C22H12Cl4N2/c23-16-6-14(7-17(24)10-16)20-12-21(15-8-18(25)11-19(26)9-15)28-22(27-20)13-4-2-1-3-5-13/h1-12H. The maximum Gasteiger partial charge on any atom is 0.160 e. The first-order valence-electron chi connectivity index (χ1n) is 8.35. The summed E-state index contributed by atoms with van der Waals surface area (Å²) in [7, 11) is 0. The molecule has 0 radical (unpaired) electrons. The van der Waals surface area contributed by atoms with Crippen LogP contribution in [-0.2, 0) is 0 Å². The molecule has 0 amide bonds. The summed E-state index contributed by atoms with van der Waals surface area (Å²) in [6, 6.07) is 22.3. The predicted octanol–water partition coefficient (Wildman–Crippen LogP) is 8.09. The molecule has 138 valence electrons. The van der Waals surface area contributed by atoms with Crippen molar-refractivity contribution in [1.82, 2.24) is 9.97 Å². The van der Waals surface area contributed by atoms with Gasteiger partial charge in [0.25, 0.3) is 0 Å². The molecule has 1 heterocycles. The van der Waals surface area contributed by atoms with Gasteiger partial charge in [-0.1, -0.05) is 76.7 Å². The van der Waals surface area contributed by atoms with Crippen molar-refractivity contribution in [2.45, 2.75) is 0 Å². The van der Waals surface area contributed by atoms with Crippen molar-refractivity contribution < 1.29 is 0 Å². The van der Waals surface area contributed by atoms with E-state index in [1.165, 1.54) is 0 Å². The van der Waals surface area contributed by atoms with Crippen molar-refractivity contribution in [2.24, 2.45) is 0 Å². The highest BCUT2D eigenvalue weighted by molar-refractivity contribution is 6.35. The molecule has 28 heavy (non-hydrogen) atoms. The van der Waals surface area contributed by atoms with Gasteiger partial charge in [-0.25, -0.2) is 9.97 Å². The van der Waals surface area contributed by atoms with Crippen LogP contribution in [-0.4, -0.2) is 9.97 Å². The summed E-state index contributed by atoms with van der Waals surface area (Å²) < 4.78 is 0. The van der Waals surface area contributed by atoms with Gasteiger partial charge in [-0.05, 0) is 42.5 Å². The lowest BCUT2D eigenvalue weighted by Crippen LogP contribution is -1.96. The Morgan fingerprint density at radius 3 is 1.32 bits per heavy atom. The maximum atomic E-state index is 6.19. The van der Waals surface area contributed by atoms with Gasteiger partial charge in [-0.3, -0.25) is 0 Å². The number of nitrogens with zero attached hydrogens (tertiary/aromatic N) is 2. The van der Waals surface area contributed by atoms with E-state index in [0.717, 1.165) is 16.7 Å². The SMILES string of the molecule is Clc1cc(Cl)cc(-c2cc(-c3cc(Cl)cc(Cl)c3)nc(-c3ccccc3)n2)c1. The van der Waals surface area contributed by atoms with Crippen LogP contribution in [0.15, 0.2) is 72.8 Å². The molecular weight excluding hydrogens is 434 g/mol. The van der Waals surface area contributed by atoms with E-state index in [1.54, 1.807) is 12.1 Å². The van der Waals surface area contributed by atoms with Crippen LogP contribution in [0.1, 0.15) is 0 Å². The van der Waals surface area contributed by atoms with Crippen molar-refractivity contribution >= 4 is 46.4 Å². The Labute approximate surface area is 182 Å². The zero-order valence-corrected chi connectivity index (χ0v) is 17.4. The van der Waals surface area contributed by atoms with E-state index < -0.39 is 0 Å². The van der Waals surface area contributed by atoms with Crippen LogP contribution in [0.5, 0.6) is 0 Å². The minimum atomic E-state index is 0.537. The summed E-state index contributed by atoms with van der Waals surface area (Å²) in [6.07, 6.45) is 0. The predicted molar refractivity (Wildman–Crippen MR) is 118 cm³/mol. The molecule has 0 bridgehead atoms. The Bertz CT molecular complexity index is 1050. The van der Waals surface area contributed by atoms with Crippen molar-refractivity contribution in [3.8, 4) is 33.9 Å². The monoisotopic (exact) mass is 444 g/mol. The van der Waals surface area contributed by atoms with Gasteiger partial charge in [0.1, 0.15) is 0 Å². The molecule has 0 fully saturated rings. The first-order chi connectivity index (χ1) is 13.5. The molecule has 0 atom stereocenters. The molecule has 0 unspecified atom stereocenters. The largest absolute Gasteiger partial charge is 0.228 e. The van der Waals surface area contributed by atoms with Crippen molar-refractivity contribution in [2.75, 3.05) is 0 Å². The second-order valence-corrected chi connectivity index (χ2v) is 7.89. The summed E-state index contributed by atoms with van der Waals surface area (Å²) in [6.45, 7) is 0. The highest BCUT2D eigenvalue weighted by atomic mass is 35.5. The summed E-state index contributed by atoms with van der Waals surface area (Å²) in [4.78, 5) is 9.46. The minimum absolute atomic E-state index is 0.537. The van der Waals surface area contributed by atoms with E-state index in [9.17, 15) is 0 Å². The number of hydrogen-bond donors (Lipinski definition) is 0. The molecule has 3 aromatic carbocycles. The summed E-state index contributed by atoms with van der Waals surface area (Å²) in [5, 5.41) is 2.15. The Morgan fingerprint density at radius 2 is 0.893 bits per heavy atom. The molecule has 6 heteroatoms. The lowest BCUT2D eigenvalue weighted by Gasteiger charge is -2.10. The molecule has 0 aliphatic rings. The third-order valence-electron chi connectivity index (χ3n) is 4.07. The maximum absolute atomic E-state index is 6.19. The number of rotatable bonds is 3. The quantitative estimate of drug-likeness (QED) is 0.318. The molecule has 0 saturated carbocycles. The van der Waals surface area contributed by atoms with E-state index in [-0.39, 0.29) is 0 Å². The molecule has 2 nitrogen and oxygen atoms in total. The van der Waals surface area contributed by atoms with Gasteiger partial charge >= 0.3 is 0 Å². The van der Waals surface area contributed by atoms with Crippen LogP contribution < -0.4 is 0 Å². The molecule has 4 aromatic rings. The van der Waals surface area contributed by atoms with Gasteiger partial charge in [0.15, 0.2) is 5.82 Å². The first-order valence-corrected chi connectivity index (χ1v) is 9.86. The molecule has 0 aliphatic heterocycles. The zero-order chi connectivity index (χ0) is 19.7.